The summed E-state index contributed by atoms with van der Waals surface area (Å²) in [6, 6.07) is 5.49. The van der Waals surface area contributed by atoms with Crippen molar-refractivity contribution in [1.82, 2.24) is 0 Å². The molecule has 1 aromatic rings. The van der Waals surface area contributed by atoms with Crippen LogP contribution in [-0.2, 0) is 15.4 Å². The van der Waals surface area contributed by atoms with Gasteiger partial charge in [0, 0.05) is 6.07 Å². The van der Waals surface area contributed by atoms with Crippen LogP contribution < -0.4 is 9.46 Å². The first-order valence-electron chi connectivity index (χ1n) is 6.44. The summed E-state index contributed by atoms with van der Waals surface area (Å²) in [7, 11) is -3.26. The van der Waals surface area contributed by atoms with E-state index in [0.29, 0.717) is 5.69 Å². The van der Waals surface area contributed by atoms with Crippen molar-refractivity contribution in [2.45, 2.75) is 45.1 Å². The van der Waals surface area contributed by atoms with Gasteiger partial charge in [0.05, 0.1) is 18.0 Å². The number of benzene rings is 1. The van der Waals surface area contributed by atoms with Gasteiger partial charge in [-0.15, -0.1) is 0 Å². The number of hydrogen-bond donors (Lipinski definition) is 1. The first-order chi connectivity index (χ1) is 8.65. The van der Waals surface area contributed by atoms with Gasteiger partial charge in [0.2, 0.25) is 10.0 Å². The molecular weight excluding hydrogens is 262 g/mol. The van der Waals surface area contributed by atoms with Gasteiger partial charge in [0.15, 0.2) is 0 Å². The van der Waals surface area contributed by atoms with Crippen LogP contribution in [0.15, 0.2) is 18.2 Å². The fourth-order valence-corrected chi connectivity index (χ4v) is 2.44. The highest BCUT2D eigenvalue weighted by molar-refractivity contribution is 7.92. The zero-order valence-electron chi connectivity index (χ0n) is 11.9. The first kappa shape index (κ1) is 14.2. The summed E-state index contributed by atoms with van der Waals surface area (Å²) >= 11 is 0. The Morgan fingerprint density at radius 3 is 2.37 bits per heavy atom. The minimum absolute atomic E-state index is 0.0339. The molecule has 1 fully saturated rings. The van der Waals surface area contributed by atoms with Crippen LogP contribution in [0.2, 0.25) is 0 Å². The Kier molecular flexibility index (Phi) is 3.51. The molecule has 1 aliphatic rings. The monoisotopic (exact) mass is 283 g/mol. The molecule has 106 valence electrons. The summed E-state index contributed by atoms with van der Waals surface area (Å²) in [6.45, 7) is 6.35. The van der Waals surface area contributed by atoms with Crippen molar-refractivity contribution in [3.8, 4) is 5.75 Å². The van der Waals surface area contributed by atoms with Crippen LogP contribution in [0.3, 0.4) is 0 Å². The van der Waals surface area contributed by atoms with E-state index in [1.54, 1.807) is 12.1 Å². The summed E-state index contributed by atoms with van der Waals surface area (Å²) in [5, 5.41) is 0. The Hall–Kier alpha value is -1.23. The van der Waals surface area contributed by atoms with Crippen molar-refractivity contribution in [2.75, 3.05) is 11.0 Å². The molecule has 0 atom stereocenters. The van der Waals surface area contributed by atoms with Crippen molar-refractivity contribution >= 4 is 15.7 Å². The second kappa shape index (κ2) is 4.71. The molecule has 2 rings (SSSR count). The molecule has 1 N–H and O–H groups in total. The van der Waals surface area contributed by atoms with Crippen LogP contribution in [0.5, 0.6) is 5.75 Å². The number of hydrogen-bond acceptors (Lipinski definition) is 3. The number of rotatable bonds is 4. The Labute approximate surface area is 115 Å². The van der Waals surface area contributed by atoms with E-state index in [2.05, 4.69) is 25.5 Å². The quantitative estimate of drug-likeness (QED) is 0.924. The predicted octanol–water partition coefficient (Wildman–Crippen LogP) is 2.90. The lowest BCUT2D eigenvalue weighted by Gasteiger charge is -2.23. The van der Waals surface area contributed by atoms with E-state index in [4.69, 9.17) is 4.74 Å². The van der Waals surface area contributed by atoms with Gasteiger partial charge in [-0.25, -0.2) is 8.42 Å². The van der Waals surface area contributed by atoms with Crippen LogP contribution in [0.25, 0.3) is 0 Å². The zero-order valence-corrected chi connectivity index (χ0v) is 12.7. The van der Waals surface area contributed by atoms with E-state index in [-0.39, 0.29) is 11.5 Å². The minimum atomic E-state index is -3.26. The SMILES string of the molecule is CC(C)(C)c1ccc(NS(C)(=O)=O)cc1OC1CC1. The molecule has 1 aliphatic carbocycles. The molecule has 19 heavy (non-hydrogen) atoms. The van der Waals surface area contributed by atoms with Crippen molar-refractivity contribution in [3.63, 3.8) is 0 Å². The molecule has 0 aromatic heterocycles. The molecule has 4 nitrogen and oxygen atoms in total. The van der Waals surface area contributed by atoms with Gasteiger partial charge < -0.3 is 4.74 Å². The molecule has 0 radical (unpaired) electrons. The van der Waals surface area contributed by atoms with Crippen LogP contribution in [0, 0.1) is 0 Å². The van der Waals surface area contributed by atoms with Gasteiger partial charge in [-0.1, -0.05) is 26.8 Å². The maximum Gasteiger partial charge on any atom is 0.229 e. The van der Waals surface area contributed by atoms with E-state index in [0.717, 1.165) is 30.4 Å². The summed E-state index contributed by atoms with van der Waals surface area (Å²) < 4.78 is 30.9. The molecule has 0 heterocycles. The molecule has 0 aliphatic heterocycles. The van der Waals surface area contributed by atoms with Gasteiger partial charge in [0.1, 0.15) is 5.75 Å². The second-order valence-corrected chi connectivity index (χ2v) is 7.90. The molecular formula is C14H21NO3S. The first-order valence-corrected chi connectivity index (χ1v) is 8.33. The lowest BCUT2D eigenvalue weighted by Crippen LogP contribution is -2.15. The van der Waals surface area contributed by atoms with Crippen molar-refractivity contribution in [2.24, 2.45) is 0 Å². The summed E-state index contributed by atoms with van der Waals surface area (Å²) in [5.74, 6) is 0.781. The molecule has 1 aromatic carbocycles. The number of ether oxygens (including phenoxy) is 1. The molecule has 0 saturated heterocycles. The molecule has 0 amide bonds. The molecule has 0 unspecified atom stereocenters. The highest BCUT2D eigenvalue weighted by Crippen LogP contribution is 2.37. The molecule has 5 heteroatoms. The highest BCUT2D eigenvalue weighted by atomic mass is 32.2. The zero-order chi connectivity index (χ0) is 14.3. The van der Waals surface area contributed by atoms with E-state index in [1.165, 1.54) is 0 Å². The largest absolute Gasteiger partial charge is 0.490 e. The van der Waals surface area contributed by atoms with E-state index in [9.17, 15) is 8.42 Å². The van der Waals surface area contributed by atoms with Crippen LogP contribution >= 0.6 is 0 Å². The van der Waals surface area contributed by atoms with Gasteiger partial charge >= 0.3 is 0 Å². The number of anilines is 1. The topological polar surface area (TPSA) is 55.4 Å². The van der Waals surface area contributed by atoms with E-state index < -0.39 is 10.0 Å². The molecule has 1 saturated carbocycles. The maximum atomic E-state index is 11.3. The maximum absolute atomic E-state index is 11.3. The van der Waals surface area contributed by atoms with Gasteiger partial charge in [0.25, 0.3) is 0 Å². The van der Waals surface area contributed by atoms with Crippen molar-refractivity contribution in [1.29, 1.82) is 0 Å². The average Bonchev–Trinajstić information content (AvgIpc) is 2.97. The summed E-state index contributed by atoms with van der Waals surface area (Å²) in [6.07, 6.45) is 3.58. The normalized spacial score (nSPS) is 16.2. The van der Waals surface area contributed by atoms with Gasteiger partial charge in [-0.05, 0) is 29.9 Å². The average molecular weight is 283 g/mol. The third kappa shape index (κ3) is 4.13. The molecule has 0 bridgehead atoms. The highest BCUT2D eigenvalue weighted by Gasteiger charge is 2.27. The Morgan fingerprint density at radius 2 is 1.89 bits per heavy atom. The Bertz CT molecular complexity index is 569. The van der Waals surface area contributed by atoms with Crippen LogP contribution in [0.1, 0.15) is 39.2 Å². The smallest absolute Gasteiger partial charge is 0.229 e. The van der Waals surface area contributed by atoms with Crippen molar-refractivity contribution in [3.05, 3.63) is 23.8 Å². The lowest BCUT2D eigenvalue weighted by atomic mass is 9.86. The summed E-state index contributed by atoms with van der Waals surface area (Å²) in [4.78, 5) is 0. The Balaban J connectivity index is 2.35. The van der Waals surface area contributed by atoms with Gasteiger partial charge in [-0.3, -0.25) is 4.72 Å². The fraction of sp³-hybridized carbons (Fsp3) is 0.571. The standard InChI is InChI=1S/C14H21NO3S/c1-14(2,3)12-8-5-10(15-19(4,16)17)9-13(12)18-11-6-7-11/h5,8-9,11,15H,6-7H2,1-4H3. The summed E-state index contributed by atoms with van der Waals surface area (Å²) in [5.41, 5.74) is 1.61. The third-order valence-electron chi connectivity index (χ3n) is 2.91. The minimum Gasteiger partial charge on any atom is -0.490 e. The third-order valence-corrected chi connectivity index (χ3v) is 3.52. The van der Waals surface area contributed by atoms with Crippen LogP contribution in [-0.4, -0.2) is 20.8 Å². The predicted molar refractivity (Wildman–Crippen MR) is 77.3 cm³/mol. The number of sulfonamides is 1. The fourth-order valence-electron chi connectivity index (χ4n) is 1.88. The lowest BCUT2D eigenvalue weighted by molar-refractivity contribution is 0.295. The van der Waals surface area contributed by atoms with Crippen molar-refractivity contribution < 1.29 is 13.2 Å². The van der Waals surface area contributed by atoms with E-state index in [1.807, 2.05) is 6.07 Å². The van der Waals surface area contributed by atoms with Crippen LogP contribution in [0.4, 0.5) is 5.69 Å². The van der Waals surface area contributed by atoms with E-state index >= 15 is 0 Å². The van der Waals surface area contributed by atoms with Gasteiger partial charge in [-0.2, -0.15) is 0 Å². The molecule has 0 spiro atoms. The number of nitrogens with one attached hydrogen (secondary N) is 1. The second-order valence-electron chi connectivity index (χ2n) is 6.15. The Morgan fingerprint density at radius 1 is 1.26 bits per heavy atom.